The highest BCUT2D eigenvalue weighted by Crippen LogP contribution is 2.38. The third-order valence-electron chi connectivity index (χ3n) is 5.81. The second kappa shape index (κ2) is 6.65. The molecule has 3 aromatic rings. The van der Waals surface area contributed by atoms with E-state index < -0.39 is 0 Å². The van der Waals surface area contributed by atoms with E-state index in [0.717, 1.165) is 39.8 Å². The number of pyridine rings is 1. The van der Waals surface area contributed by atoms with E-state index in [-0.39, 0.29) is 14.0 Å². The van der Waals surface area contributed by atoms with Crippen molar-refractivity contribution >= 4 is 22.9 Å². The minimum atomic E-state index is -0.374. The Labute approximate surface area is 164 Å². The summed E-state index contributed by atoms with van der Waals surface area (Å²) >= 11 is 0. The van der Waals surface area contributed by atoms with Gasteiger partial charge in [0.25, 0.3) is 0 Å². The minimum absolute atomic E-state index is 0. The molecule has 28 heavy (non-hydrogen) atoms. The lowest BCUT2D eigenvalue weighted by molar-refractivity contribution is 0.463. The van der Waals surface area contributed by atoms with Crippen molar-refractivity contribution in [3.63, 3.8) is 0 Å². The minimum Gasteiger partial charge on any atom is -0.350 e. The predicted octanol–water partition coefficient (Wildman–Crippen LogP) is 4.80. The Kier molecular flexibility index (Phi) is 4.10. The summed E-state index contributed by atoms with van der Waals surface area (Å²) in [5, 5.41) is 7.99. The molecule has 1 aliphatic heterocycles. The maximum atomic E-state index is 13.0. The summed E-state index contributed by atoms with van der Waals surface area (Å²) < 4.78 is 14.8. The summed E-state index contributed by atoms with van der Waals surface area (Å²) in [5.74, 6) is 1.34. The van der Waals surface area contributed by atoms with Crippen LogP contribution in [0.3, 0.4) is 0 Å². The van der Waals surface area contributed by atoms with Gasteiger partial charge in [0, 0.05) is 30.9 Å². The number of aromatic nitrogens is 4. The van der Waals surface area contributed by atoms with E-state index >= 15 is 0 Å². The van der Waals surface area contributed by atoms with Gasteiger partial charge in [-0.2, -0.15) is 0 Å². The van der Waals surface area contributed by atoms with Gasteiger partial charge >= 0.3 is 0 Å². The van der Waals surface area contributed by atoms with Crippen molar-refractivity contribution in [3.05, 3.63) is 36.3 Å². The number of alkyl halides is 1. The van der Waals surface area contributed by atoms with Crippen molar-refractivity contribution < 1.29 is 5.82 Å². The molecule has 6 nitrogen and oxygen atoms in total. The fourth-order valence-electron chi connectivity index (χ4n) is 3.99. The highest BCUT2D eigenvalue weighted by Gasteiger charge is 2.29. The largest absolute Gasteiger partial charge is 0.350 e. The van der Waals surface area contributed by atoms with E-state index in [2.05, 4.69) is 27.3 Å². The molecule has 0 spiro atoms. The van der Waals surface area contributed by atoms with Crippen LogP contribution in [0.4, 0.5) is 16.0 Å². The maximum Gasteiger partial charge on any atom is 0.241 e. The van der Waals surface area contributed by atoms with Gasteiger partial charge in [0.15, 0.2) is 0 Å². The molecule has 0 aromatic carbocycles. The van der Waals surface area contributed by atoms with Crippen LogP contribution >= 0.6 is 0 Å². The first kappa shape index (κ1) is 17.3. The Morgan fingerprint density at radius 3 is 2.96 bits per heavy atom. The van der Waals surface area contributed by atoms with E-state index in [0.29, 0.717) is 18.4 Å². The topological polar surface area (TPSA) is 67.5 Å². The van der Waals surface area contributed by atoms with Gasteiger partial charge in [-0.1, -0.05) is 0 Å². The number of aliphatic imine (C=N–C) groups is 1. The predicted molar refractivity (Wildman–Crippen MR) is 110 cm³/mol. The molecule has 0 saturated heterocycles. The molecule has 1 saturated carbocycles. The Morgan fingerprint density at radius 2 is 2.18 bits per heavy atom. The van der Waals surface area contributed by atoms with Gasteiger partial charge in [-0.15, -0.1) is 5.10 Å². The fourth-order valence-corrected chi connectivity index (χ4v) is 3.99. The summed E-state index contributed by atoms with van der Waals surface area (Å²) in [4.78, 5) is 13.9. The zero-order valence-corrected chi connectivity index (χ0v) is 16.1. The molecule has 1 N–H and O–H groups in total. The number of anilines is 1. The third kappa shape index (κ3) is 2.95. The second-order valence-electron chi connectivity index (χ2n) is 7.80. The van der Waals surface area contributed by atoms with E-state index in [1.807, 2.05) is 42.0 Å². The monoisotopic (exact) mass is 380 g/mol. The van der Waals surface area contributed by atoms with Crippen molar-refractivity contribution in [1.29, 1.82) is 0 Å². The first-order valence-corrected chi connectivity index (χ1v) is 9.87. The second-order valence-corrected chi connectivity index (χ2v) is 7.80. The van der Waals surface area contributed by atoms with Crippen LogP contribution in [-0.2, 0) is 0 Å². The van der Waals surface area contributed by atoms with Crippen LogP contribution in [-0.4, -0.2) is 38.0 Å². The number of rotatable bonds is 6. The molecule has 0 bridgehead atoms. The SMILES string of the molecule is CC1=Nc2ccc(-c3ccn4nc(N[C@H](C)C5CC5)ncc34)nc2C1CCF.[HH]. The van der Waals surface area contributed by atoms with Crippen LogP contribution < -0.4 is 5.32 Å². The summed E-state index contributed by atoms with van der Waals surface area (Å²) in [7, 11) is 0. The van der Waals surface area contributed by atoms with E-state index in [4.69, 9.17) is 4.98 Å². The standard InChI is InChI=1S/C21H23FN6.H2/c1-12(14-3-4-14)25-21-23-11-19-16(8-10-28(19)27-21)17-5-6-18-20(26-17)15(7-9-22)13(2)24-18;/h5-6,8,10-12,14-15H,3-4,7,9H2,1-2H3,(H,25,27);1H/t12-,15?;/m1./s1. The zero-order valence-electron chi connectivity index (χ0n) is 16.1. The quantitative estimate of drug-likeness (QED) is 0.667. The maximum absolute atomic E-state index is 13.0. The Bertz CT molecular complexity index is 1070. The average molecular weight is 380 g/mol. The van der Waals surface area contributed by atoms with Gasteiger partial charge in [-0.05, 0) is 57.2 Å². The molecule has 1 unspecified atom stereocenters. The van der Waals surface area contributed by atoms with Crippen LogP contribution in [0.15, 0.2) is 35.6 Å². The van der Waals surface area contributed by atoms with Crippen molar-refractivity contribution in [2.24, 2.45) is 10.9 Å². The molecule has 5 rings (SSSR count). The lowest BCUT2D eigenvalue weighted by Crippen LogP contribution is -2.19. The molecule has 146 valence electrons. The first-order valence-electron chi connectivity index (χ1n) is 9.87. The van der Waals surface area contributed by atoms with Crippen LogP contribution in [0.5, 0.6) is 0 Å². The fraction of sp³-hybridized carbons (Fsp3) is 0.429. The molecular formula is C21H25FN6. The number of hydrogen-bond donors (Lipinski definition) is 1. The van der Waals surface area contributed by atoms with E-state index in [9.17, 15) is 4.39 Å². The van der Waals surface area contributed by atoms with Gasteiger partial charge in [-0.3, -0.25) is 9.38 Å². The van der Waals surface area contributed by atoms with Gasteiger partial charge in [0.05, 0.1) is 35.5 Å². The van der Waals surface area contributed by atoms with Crippen molar-refractivity contribution in [2.75, 3.05) is 12.0 Å². The molecule has 0 amide bonds. The third-order valence-corrected chi connectivity index (χ3v) is 5.81. The lowest BCUT2D eigenvalue weighted by atomic mass is 9.98. The highest BCUT2D eigenvalue weighted by molar-refractivity contribution is 5.96. The summed E-state index contributed by atoms with van der Waals surface area (Å²) in [5.41, 5.74) is 5.35. The molecule has 1 aliphatic carbocycles. The molecule has 1 fully saturated rings. The number of halogens is 1. The van der Waals surface area contributed by atoms with Gasteiger partial charge in [0.2, 0.25) is 5.95 Å². The Balaban J connectivity index is 0.00000205. The first-order chi connectivity index (χ1) is 13.6. The molecule has 2 aliphatic rings. The highest BCUT2D eigenvalue weighted by atomic mass is 19.1. The molecule has 4 heterocycles. The van der Waals surface area contributed by atoms with Crippen molar-refractivity contribution in [2.45, 2.75) is 45.1 Å². The van der Waals surface area contributed by atoms with E-state index in [1.165, 1.54) is 12.8 Å². The van der Waals surface area contributed by atoms with Crippen LogP contribution in [0.1, 0.15) is 46.1 Å². The summed E-state index contributed by atoms with van der Waals surface area (Å²) in [6.45, 7) is 3.75. The van der Waals surface area contributed by atoms with Crippen molar-refractivity contribution in [1.82, 2.24) is 19.6 Å². The average Bonchev–Trinajstić information content (AvgIpc) is 3.39. The smallest absolute Gasteiger partial charge is 0.241 e. The van der Waals surface area contributed by atoms with Crippen LogP contribution in [0.25, 0.3) is 16.8 Å². The molecular weight excluding hydrogens is 355 g/mol. The number of fused-ring (bicyclic) bond motifs is 2. The van der Waals surface area contributed by atoms with Crippen LogP contribution in [0.2, 0.25) is 0 Å². The van der Waals surface area contributed by atoms with Crippen LogP contribution in [0, 0.1) is 5.92 Å². The number of nitrogens with zero attached hydrogens (tertiary/aromatic N) is 5. The number of hydrogen-bond acceptors (Lipinski definition) is 5. The van der Waals surface area contributed by atoms with Gasteiger partial charge < -0.3 is 5.32 Å². The molecule has 3 aromatic heterocycles. The molecule has 2 atom stereocenters. The molecule has 7 heteroatoms. The Hall–Kier alpha value is -2.83. The van der Waals surface area contributed by atoms with Crippen molar-refractivity contribution in [3.8, 4) is 11.3 Å². The Morgan fingerprint density at radius 1 is 1.32 bits per heavy atom. The normalized spacial score (nSPS) is 19.5. The summed E-state index contributed by atoms with van der Waals surface area (Å²) in [6.07, 6.45) is 6.74. The summed E-state index contributed by atoms with van der Waals surface area (Å²) in [6, 6.07) is 6.32. The van der Waals surface area contributed by atoms with Gasteiger partial charge in [0.1, 0.15) is 0 Å². The van der Waals surface area contributed by atoms with E-state index in [1.54, 1.807) is 0 Å². The number of nitrogens with one attached hydrogen (secondary N) is 1. The lowest BCUT2D eigenvalue weighted by Gasteiger charge is -2.12. The molecule has 0 radical (unpaired) electrons. The zero-order chi connectivity index (χ0) is 19.3. The van der Waals surface area contributed by atoms with Gasteiger partial charge in [-0.25, -0.2) is 14.5 Å².